The van der Waals surface area contributed by atoms with Crippen LogP contribution >= 0.6 is 22.9 Å². The number of unbranched alkanes of at least 4 members (excludes halogenated alkanes) is 3. The van der Waals surface area contributed by atoms with Gasteiger partial charge in [-0.15, -0.1) is 11.3 Å². The molecule has 0 unspecified atom stereocenters. The van der Waals surface area contributed by atoms with Gasteiger partial charge in [-0.1, -0.05) is 62.1 Å². The fourth-order valence-electron chi connectivity index (χ4n) is 3.36. The number of methoxy groups -OCH3 is 1. The maximum Gasteiger partial charge on any atom is 0.268 e. The first-order valence-corrected chi connectivity index (χ1v) is 12.7. The molecule has 6 nitrogen and oxygen atoms in total. The van der Waals surface area contributed by atoms with E-state index in [1.54, 1.807) is 31.5 Å². The first kappa shape index (κ1) is 26.3. The topological polar surface area (TPSA) is 84.2 Å². The highest BCUT2D eigenvalue weighted by atomic mass is 35.5. The number of carbonyl (C=O) groups is 1. The molecular formula is C27H28ClN3O3S. The van der Waals surface area contributed by atoms with Crippen LogP contribution in [0.15, 0.2) is 54.2 Å². The molecule has 182 valence electrons. The number of hydrogen-bond acceptors (Lipinski definition) is 6. The second kappa shape index (κ2) is 13.5. The third-order valence-corrected chi connectivity index (χ3v) is 6.50. The van der Waals surface area contributed by atoms with Gasteiger partial charge < -0.3 is 9.47 Å². The smallest absolute Gasteiger partial charge is 0.268 e. The van der Waals surface area contributed by atoms with Crippen LogP contribution in [0.3, 0.4) is 0 Å². The molecule has 1 N–H and O–H groups in total. The van der Waals surface area contributed by atoms with Crippen molar-refractivity contribution >= 4 is 40.1 Å². The average molecular weight is 510 g/mol. The predicted molar refractivity (Wildman–Crippen MR) is 141 cm³/mol. The van der Waals surface area contributed by atoms with E-state index in [1.807, 2.05) is 30.3 Å². The highest BCUT2D eigenvalue weighted by molar-refractivity contribution is 7.15. The van der Waals surface area contributed by atoms with Crippen molar-refractivity contribution in [3.63, 3.8) is 0 Å². The number of thiazole rings is 1. The van der Waals surface area contributed by atoms with E-state index in [-0.39, 0.29) is 5.57 Å². The van der Waals surface area contributed by atoms with E-state index >= 15 is 0 Å². The fourth-order valence-corrected chi connectivity index (χ4v) is 4.39. The molecule has 0 saturated carbocycles. The SMILES string of the molecule is CCCCCCOc1ccc(C=C(C#N)C(=O)Nc2ncc(Cc3ccccc3Cl)s2)cc1OC. The highest BCUT2D eigenvalue weighted by Gasteiger charge is 2.14. The summed E-state index contributed by atoms with van der Waals surface area (Å²) in [6, 6.07) is 14.9. The van der Waals surface area contributed by atoms with Crippen LogP contribution in [0.5, 0.6) is 11.5 Å². The number of halogens is 1. The molecule has 0 radical (unpaired) electrons. The molecule has 35 heavy (non-hydrogen) atoms. The van der Waals surface area contributed by atoms with E-state index in [4.69, 9.17) is 21.1 Å². The van der Waals surface area contributed by atoms with Crippen molar-refractivity contribution in [1.82, 2.24) is 4.98 Å². The third kappa shape index (κ3) is 7.84. The van der Waals surface area contributed by atoms with Gasteiger partial charge in [0.1, 0.15) is 11.6 Å². The largest absolute Gasteiger partial charge is 0.493 e. The Morgan fingerprint density at radius 1 is 1.20 bits per heavy atom. The Hall–Kier alpha value is -3.34. The number of nitrogens with one attached hydrogen (secondary N) is 1. The Kier molecular flexibility index (Phi) is 10.1. The Bertz CT molecular complexity index is 1220. The van der Waals surface area contributed by atoms with Gasteiger partial charge >= 0.3 is 0 Å². The summed E-state index contributed by atoms with van der Waals surface area (Å²) in [5, 5.41) is 13.4. The number of nitrogens with zero attached hydrogens (tertiary/aromatic N) is 2. The van der Waals surface area contributed by atoms with Crippen LogP contribution in [0.25, 0.3) is 6.08 Å². The molecule has 8 heteroatoms. The fraction of sp³-hybridized carbons (Fsp3) is 0.296. The number of carbonyl (C=O) groups excluding carboxylic acids is 1. The average Bonchev–Trinajstić information content (AvgIpc) is 3.30. The zero-order chi connectivity index (χ0) is 25.0. The molecule has 0 atom stereocenters. The van der Waals surface area contributed by atoms with Crippen molar-refractivity contribution in [2.45, 2.75) is 39.0 Å². The number of nitriles is 1. The predicted octanol–water partition coefficient (Wildman–Crippen LogP) is 6.90. The second-order valence-corrected chi connectivity index (χ2v) is 9.37. The summed E-state index contributed by atoms with van der Waals surface area (Å²) in [6.45, 7) is 2.78. The molecule has 0 bridgehead atoms. The van der Waals surface area contributed by atoms with Gasteiger partial charge in [0.2, 0.25) is 0 Å². The van der Waals surface area contributed by atoms with Gasteiger partial charge in [0.05, 0.1) is 13.7 Å². The number of aromatic nitrogens is 1. The molecule has 0 saturated heterocycles. The standard InChI is InChI=1S/C27H28ClN3O3S/c1-3-4-5-8-13-34-24-12-11-19(15-25(24)33-2)14-21(17-29)26(32)31-27-30-18-22(35-27)16-20-9-6-7-10-23(20)28/h6-7,9-12,14-15,18H,3-5,8,13,16H2,1-2H3,(H,30,31,32). The zero-order valence-corrected chi connectivity index (χ0v) is 21.4. The molecule has 0 aliphatic heterocycles. The molecule has 0 spiro atoms. The summed E-state index contributed by atoms with van der Waals surface area (Å²) in [7, 11) is 1.56. The van der Waals surface area contributed by atoms with E-state index in [0.717, 1.165) is 23.3 Å². The number of ether oxygens (including phenoxy) is 2. The van der Waals surface area contributed by atoms with Crippen LogP contribution in [-0.4, -0.2) is 24.6 Å². The van der Waals surface area contributed by atoms with E-state index < -0.39 is 5.91 Å². The first-order chi connectivity index (χ1) is 17.0. The maximum atomic E-state index is 12.7. The molecule has 0 aliphatic rings. The normalized spacial score (nSPS) is 11.1. The number of hydrogen-bond donors (Lipinski definition) is 1. The van der Waals surface area contributed by atoms with Gasteiger partial charge in [0, 0.05) is 22.5 Å². The van der Waals surface area contributed by atoms with Gasteiger partial charge in [0.25, 0.3) is 5.91 Å². The van der Waals surface area contributed by atoms with E-state index in [9.17, 15) is 10.1 Å². The Balaban J connectivity index is 1.65. The van der Waals surface area contributed by atoms with Gasteiger partial charge in [-0.2, -0.15) is 5.26 Å². The first-order valence-electron chi connectivity index (χ1n) is 11.5. The van der Waals surface area contributed by atoms with Crippen LogP contribution in [-0.2, 0) is 11.2 Å². The van der Waals surface area contributed by atoms with Gasteiger partial charge in [-0.25, -0.2) is 4.98 Å². The quantitative estimate of drug-likeness (QED) is 0.163. The summed E-state index contributed by atoms with van der Waals surface area (Å²) in [5.41, 5.74) is 1.60. The van der Waals surface area contributed by atoms with Gasteiger partial charge in [-0.05, 0) is 41.8 Å². The highest BCUT2D eigenvalue weighted by Crippen LogP contribution is 2.30. The van der Waals surface area contributed by atoms with E-state index in [1.165, 1.54) is 30.3 Å². The summed E-state index contributed by atoms with van der Waals surface area (Å²) >= 11 is 7.58. The number of anilines is 1. The van der Waals surface area contributed by atoms with Crippen LogP contribution in [0.2, 0.25) is 5.02 Å². The van der Waals surface area contributed by atoms with Crippen molar-refractivity contribution in [2.75, 3.05) is 19.0 Å². The minimum Gasteiger partial charge on any atom is -0.493 e. The zero-order valence-electron chi connectivity index (χ0n) is 19.8. The molecule has 3 rings (SSSR count). The summed E-state index contributed by atoms with van der Waals surface area (Å²) in [6.07, 6.45) is 8.29. The van der Waals surface area contributed by atoms with Crippen molar-refractivity contribution < 1.29 is 14.3 Å². The maximum absolute atomic E-state index is 12.7. The van der Waals surface area contributed by atoms with Crippen molar-refractivity contribution in [3.8, 4) is 17.6 Å². The van der Waals surface area contributed by atoms with Crippen molar-refractivity contribution in [2.24, 2.45) is 0 Å². The summed E-state index contributed by atoms with van der Waals surface area (Å²) in [5.74, 6) is 0.662. The third-order valence-electron chi connectivity index (χ3n) is 5.22. The molecule has 0 fully saturated rings. The lowest BCUT2D eigenvalue weighted by molar-refractivity contribution is -0.112. The molecule has 2 aromatic carbocycles. The molecule has 0 aliphatic carbocycles. The molecule has 1 amide bonds. The minimum atomic E-state index is -0.527. The van der Waals surface area contributed by atoms with E-state index in [2.05, 4.69) is 17.2 Å². The second-order valence-electron chi connectivity index (χ2n) is 7.84. The lowest BCUT2D eigenvalue weighted by Crippen LogP contribution is -2.13. The van der Waals surface area contributed by atoms with Crippen LogP contribution in [0.1, 0.15) is 48.6 Å². The summed E-state index contributed by atoms with van der Waals surface area (Å²) < 4.78 is 11.3. The van der Waals surface area contributed by atoms with E-state index in [0.29, 0.717) is 40.2 Å². The minimum absolute atomic E-state index is 0.0388. The van der Waals surface area contributed by atoms with Crippen molar-refractivity contribution in [3.05, 3.63) is 75.3 Å². The lowest BCUT2D eigenvalue weighted by Gasteiger charge is -2.11. The van der Waals surface area contributed by atoms with Gasteiger partial charge in [-0.3, -0.25) is 10.1 Å². The molecule has 1 heterocycles. The Morgan fingerprint density at radius 2 is 2.03 bits per heavy atom. The molecular weight excluding hydrogens is 482 g/mol. The number of rotatable bonds is 12. The number of amides is 1. The van der Waals surface area contributed by atoms with Crippen LogP contribution < -0.4 is 14.8 Å². The van der Waals surface area contributed by atoms with Gasteiger partial charge in [0.15, 0.2) is 16.6 Å². The summed E-state index contributed by atoms with van der Waals surface area (Å²) in [4.78, 5) is 17.9. The Morgan fingerprint density at radius 3 is 2.77 bits per heavy atom. The lowest BCUT2D eigenvalue weighted by atomic mass is 10.1. The van der Waals surface area contributed by atoms with Crippen molar-refractivity contribution in [1.29, 1.82) is 5.26 Å². The van der Waals surface area contributed by atoms with Crippen LogP contribution in [0.4, 0.5) is 5.13 Å². The Labute approximate surface area is 215 Å². The molecule has 1 aromatic heterocycles. The number of benzene rings is 2. The van der Waals surface area contributed by atoms with Crippen LogP contribution in [0, 0.1) is 11.3 Å². The molecule has 3 aromatic rings. The monoisotopic (exact) mass is 509 g/mol.